The SMILES string of the molecule is COC(=O)c1c(NC(=O)CCl)sc(C(N)=O)c1C. The largest absolute Gasteiger partial charge is 0.465 e. The zero-order chi connectivity index (χ0) is 13.9. The number of hydrogen-bond acceptors (Lipinski definition) is 5. The van der Waals surface area contributed by atoms with Crippen LogP contribution in [0.5, 0.6) is 0 Å². The molecule has 8 heteroatoms. The van der Waals surface area contributed by atoms with E-state index >= 15 is 0 Å². The van der Waals surface area contributed by atoms with Gasteiger partial charge in [-0.2, -0.15) is 0 Å². The molecule has 1 heterocycles. The summed E-state index contributed by atoms with van der Waals surface area (Å²) in [7, 11) is 1.20. The molecule has 98 valence electrons. The van der Waals surface area contributed by atoms with Crippen molar-refractivity contribution in [2.24, 2.45) is 5.73 Å². The molecule has 0 aromatic carbocycles. The Morgan fingerprint density at radius 3 is 2.50 bits per heavy atom. The first kappa shape index (κ1) is 14.5. The summed E-state index contributed by atoms with van der Waals surface area (Å²) in [6.07, 6.45) is 0. The quantitative estimate of drug-likeness (QED) is 0.641. The molecule has 0 radical (unpaired) electrons. The van der Waals surface area contributed by atoms with Crippen LogP contribution in [0, 0.1) is 6.92 Å². The van der Waals surface area contributed by atoms with Crippen LogP contribution in [0.3, 0.4) is 0 Å². The molecule has 0 spiro atoms. The van der Waals surface area contributed by atoms with Crippen molar-refractivity contribution in [3.8, 4) is 0 Å². The van der Waals surface area contributed by atoms with Crippen molar-refractivity contribution in [2.45, 2.75) is 6.92 Å². The second-order valence-corrected chi connectivity index (χ2v) is 4.59. The Morgan fingerprint density at radius 1 is 1.44 bits per heavy atom. The number of alkyl halides is 1. The van der Waals surface area contributed by atoms with Crippen LogP contribution in [-0.4, -0.2) is 30.8 Å². The molecule has 6 nitrogen and oxygen atoms in total. The van der Waals surface area contributed by atoms with E-state index in [1.807, 2.05) is 0 Å². The van der Waals surface area contributed by atoms with Gasteiger partial charge in [0.05, 0.1) is 17.6 Å². The summed E-state index contributed by atoms with van der Waals surface area (Å²) in [6.45, 7) is 1.55. The van der Waals surface area contributed by atoms with Crippen LogP contribution >= 0.6 is 22.9 Å². The molecule has 2 amide bonds. The van der Waals surface area contributed by atoms with Crippen molar-refractivity contribution in [1.82, 2.24) is 0 Å². The Hall–Kier alpha value is -1.60. The van der Waals surface area contributed by atoms with Gasteiger partial charge in [0.1, 0.15) is 10.9 Å². The highest BCUT2D eigenvalue weighted by molar-refractivity contribution is 7.18. The maximum Gasteiger partial charge on any atom is 0.341 e. The maximum atomic E-state index is 11.6. The number of halogens is 1. The van der Waals surface area contributed by atoms with E-state index < -0.39 is 17.8 Å². The molecule has 1 aromatic heterocycles. The van der Waals surface area contributed by atoms with Gasteiger partial charge in [0, 0.05) is 0 Å². The number of esters is 1. The summed E-state index contributed by atoms with van der Waals surface area (Å²) in [4.78, 5) is 34.2. The Labute approximate surface area is 112 Å². The average molecular weight is 291 g/mol. The van der Waals surface area contributed by atoms with Crippen molar-refractivity contribution >= 4 is 45.7 Å². The summed E-state index contributed by atoms with van der Waals surface area (Å²) >= 11 is 6.28. The van der Waals surface area contributed by atoms with Crippen molar-refractivity contribution < 1.29 is 19.1 Å². The summed E-state index contributed by atoms with van der Waals surface area (Å²) < 4.78 is 4.60. The number of hydrogen-bond donors (Lipinski definition) is 2. The van der Waals surface area contributed by atoms with E-state index in [1.165, 1.54) is 7.11 Å². The van der Waals surface area contributed by atoms with Crippen molar-refractivity contribution in [3.05, 3.63) is 16.0 Å². The van der Waals surface area contributed by atoms with Gasteiger partial charge in [-0.15, -0.1) is 22.9 Å². The first-order chi connectivity index (χ1) is 8.42. The third kappa shape index (κ3) is 2.80. The van der Waals surface area contributed by atoms with E-state index in [2.05, 4.69) is 10.1 Å². The molecular formula is C10H11ClN2O4S. The number of rotatable bonds is 4. The minimum atomic E-state index is -0.672. The van der Waals surface area contributed by atoms with Gasteiger partial charge < -0.3 is 15.8 Å². The Kier molecular flexibility index (Phi) is 4.69. The fraction of sp³-hybridized carbons (Fsp3) is 0.300. The van der Waals surface area contributed by atoms with Gasteiger partial charge in [0.25, 0.3) is 5.91 Å². The van der Waals surface area contributed by atoms with Gasteiger partial charge in [0.15, 0.2) is 0 Å². The first-order valence-electron chi connectivity index (χ1n) is 4.79. The first-order valence-corrected chi connectivity index (χ1v) is 6.14. The number of ether oxygens (including phenoxy) is 1. The van der Waals surface area contributed by atoms with Crippen LogP contribution in [0.1, 0.15) is 25.6 Å². The summed E-state index contributed by atoms with van der Waals surface area (Å²) in [5.41, 5.74) is 5.68. The zero-order valence-corrected chi connectivity index (χ0v) is 11.3. The third-order valence-electron chi connectivity index (χ3n) is 2.13. The molecule has 0 fully saturated rings. The number of primary amides is 1. The van der Waals surface area contributed by atoms with E-state index in [-0.39, 0.29) is 21.3 Å². The third-order valence-corrected chi connectivity index (χ3v) is 3.60. The number of methoxy groups -OCH3 is 1. The number of nitrogens with two attached hydrogens (primary N) is 1. The van der Waals surface area contributed by atoms with Crippen molar-refractivity contribution in [2.75, 3.05) is 18.3 Å². The highest BCUT2D eigenvalue weighted by atomic mass is 35.5. The normalized spacial score (nSPS) is 9.94. The maximum absolute atomic E-state index is 11.6. The molecule has 0 atom stereocenters. The van der Waals surface area contributed by atoms with Gasteiger partial charge >= 0.3 is 5.97 Å². The molecule has 18 heavy (non-hydrogen) atoms. The molecule has 0 aliphatic heterocycles. The molecule has 0 aliphatic rings. The Balaban J connectivity index is 3.30. The molecular weight excluding hydrogens is 280 g/mol. The fourth-order valence-electron chi connectivity index (χ4n) is 1.34. The molecule has 0 saturated carbocycles. The van der Waals surface area contributed by atoms with Crippen LogP contribution < -0.4 is 11.1 Å². The number of thiophene rings is 1. The van der Waals surface area contributed by atoms with E-state index in [0.717, 1.165) is 11.3 Å². The molecule has 0 unspecified atom stereocenters. The molecule has 1 aromatic rings. The zero-order valence-electron chi connectivity index (χ0n) is 9.70. The average Bonchev–Trinajstić information content (AvgIpc) is 2.65. The fourth-order valence-corrected chi connectivity index (χ4v) is 2.47. The Morgan fingerprint density at radius 2 is 2.06 bits per heavy atom. The summed E-state index contributed by atoms with van der Waals surface area (Å²) in [6, 6.07) is 0. The van der Waals surface area contributed by atoms with E-state index in [0.29, 0.717) is 5.56 Å². The van der Waals surface area contributed by atoms with Gasteiger partial charge in [-0.1, -0.05) is 0 Å². The highest BCUT2D eigenvalue weighted by Gasteiger charge is 2.24. The number of anilines is 1. The van der Waals surface area contributed by atoms with Gasteiger partial charge in [0.2, 0.25) is 5.91 Å². The number of nitrogens with one attached hydrogen (secondary N) is 1. The second-order valence-electron chi connectivity index (χ2n) is 3.30. The standard InChI is InChI=1S/C10H11ClN2O4S/c1-4-6(10(16)17-2)9(13-5(14)3-11)18-7(4)8(12)15/h3H2,1-2H3,(H2,12,15)(H,13,14). The summed E-state index contributed by atoms with van der Waals surface area (Å²) in [5.74, 6) is -2.07. The number of amides is 2. The number of carbonyl (C=O) groups excluding carboxylic acids is 3. The molecule has 3 N–H and O–H groups in total. The van der Waals surface area contributed by atoms with E-state index in [4.69, 9.17) is 17.3 Å². The lowest BCUT2D eigenvalue weighted by atomic mass is 10.1. The van der Waals surface area contributed by atoms with E-state index in [1.54, 1.807) is 6.92 Å². The van der Waals surface area contributed by atoms with Crippen molar-refractivity contribution in [3.63, 3.8) is 0 Å². The molecule has 0 bridgehead atoms. The van der Waals surface area contributed by atoms with Gasteiger partial charge in [-0.25, -0.2) is 4.79 Å². The minimum Gasteiger partial charge on any atom is -0.465 e. The van der Waals surface area contributed by atoms with Gasteiger partial charge in [-0.05, 0) is 12.5 Å². The topological polar surface area (TPSA) is 98.5 Å². The van der Waals surface area contributed by atoms with Crippen LogP contribution in [0.25, 0.3) is 0 Å². The van der Waals surface area contributed by atoms with E-state index in [9.17, 15) is 14.4 Å². The monoisotopic (exact) mass is 290 g/mol. The van der Waals surface area contributed by atoms with Crippen LogP contribution in [0.15, 0.2) is 0 Å². The van der Waals surface area contributed by atoms with Crippen molar-refractivity contribution in [1.29, 1.82) is 0 Å². The predicted octanol–water partition coefficient (Wildman–Crippen LogP) is 1.12. The van der Waals surface area contributed by atoms with Gasteiger partial charge in [-0.3, -0.25) is 9.59 Å². The predicted molar refractivity (Wildman–Crippen MR) is 68.3 cm³/mol. The molecule has 0 aliphatic carbocycles. The molecule has 0 saturated heterocycles. The lowest BCUT2D eigenvalue weighted by Gasteiger charge is -2.03. The molecule has 1 rings (SSSR count). The lowest BCUT2D eigenvalue weighted by Crippen LogP contribution is -2.15. The minimum absolute atomic E-state index is 0.120. The van der Waals surface area contributed by atoms with Crippen LogP contribution in [0.4, 0.5) is 5.00 Å². The second kappa shape index (κ2) is 5.83. The number of carbonyl (C=O) groups is 3. The summed E-state index contributed by atoms with van der Waals surface area (Å²) in [5, 5.41) is 2.64. The van der Waals surface area contributed by atoms with Crippen LogP contribution in [-0.2, 0) is 9.53 Å². The smallest absolute Gasteiger partial charge is 0.341 e. The lowest BCUT2D eigenvalue weighted by molar-refractivity contribution is -0.113. The Bertz CT molecular complexity index is 512. The highest BCUT2D eigenvalue weighted by Crippen LogP contribution is 2.33. The van der Waals surface area contributed by atoms with Crippen LogP contribution in [0.2, 0.25) is 0 Å².